The molecule has 0 spiro atoms. The minimum absolute atomic E-state index is 0.111. The van der Waals surface area contributed by atoms with E-state index in [1.165, 1.54) is 12.1 Å². The summed E-state index contributed by atoms with van der Waals surface area (Å²) < 4.78 is 32.8. The second-order valence-electron chi connectivity index (χ2n) is 4.23. The second kappa shape index (κ2) is 6.27. The normalized spacial score (nSPS) is 10.4. The van der Waals surface area contributed by atoms with Crippen LogP contribution in [0.25, 0.3) is 0 Å². The molecule has 5 nitrogen and oxygen atoms in total. The molecule has 7 heteroatoms. The summed E-state index contributed by atoms with van der Waals surface area (Å²) in [5.41, 5.74) is 0.110. The van der Waals surface area contributed by atoms with Crippen molar-refractivity contribution < 1.29 is 18.4 Å². The van der Waals surface area contributed by atoms with Crippen molar-refractivity contribution in [2.45, 2.75) is 6.54 Å². The lowest BCUT2D eigenvalue weighted by Gasteiger charge is -2.12. The van der Waals surface area contributed by atoms with E-state index in [1.54, 1.807) is 13.1 Å². The Balaban J connectivity index is 2.36. The first-order chi connectivity index (χ1) is 10.0. The molecule has 0 aromatic heterocycles. The number of hydrogen-bond donors (Lipinski definition) is 1. The van der Waals surface area contributed by atoms with E-state index >= 15 is 0 Å². The first-order valence-electron chi connectivity index (χ1n) is 6.06. The van der Waals surface area contributed by atoms with Gasteiger partial charge in [-0.05, 0) is 19.2 Å². The number of halogens is 2. The Morgan fingerprint density at radius 2 is 2.00 bits per heavy atom. The van der Waals surface area contributed by atoms with Gasteiger partial charge in [0.15, 0.2) is 23.1 Å². The lowest BCUT2D eigenvalue weighted by molar-refractivity contribution is -0.385. The van der Waals surface area contributed by atoms with Gasteiger partial charge in [-0.15, -0.1) is 0 Å². The third kappa shape index (κ3) is 3.32. The summed E-state index contributed by atoms with van der Waals surface area (Å²) in [6.45, 7) is 0.335. The molecule has 0 radical (unpaired) electrons. The van der Waals surface area contributed by atoms with Crippen molar-refractivity contribution in [2.75, 3.05) is 7.05 Å². The fourth-order valence-electron chi connectivity index (χ4n) is 1.79. The van der Waals surface area contributed by atoms with Crippen molar-refractivity contribution in [1.29, 1.82) is 0 Å². The lowest BCUT2D eigenvalue weighted by atomic mass is 10.2. The molecule has 110 valence electrons. The van der Waals surface area contributed by atoms with Gasteiger partial charge in [-0.25, -0.2) is 8.78 Å². The van der Waals surface area contributed by atoms with Crippen LogP contribution < -0.4 is 10.1 Å². The summed E-state index contributed by atoms with van der Waals surface area (Å²) in [5, 5.41) is 13.4. The fraction of sp³-hybridized carbons (Fsp3) is 0.143. The summed E-state index contributed by atoms with van der Waals surface area (Å²) in [6.07, 6.45) is 0. The minimum Gasteiger partial charge on any atom is -0.451 e. The van der Waals surface area contributed by atoms with Gasteiger partial charge in [0.2, 0.25) is 0 Å². The smallest absolute Gasteiger partial charge is 0.272 e. The number of nitrogens with one attached hydrogen (secondary N) is 1. The number of nitro benzene ring substituents is 1. The second-order valence-corrected chi connectivity index (χ2v) is 4.23. The van der Waals surface area contributed by atoms with Crippen molar-refractivity contribution in [1.82, 2.24) is 5.32 Å². The van der Waals surface area contributed by atoms with Gasteiger partial charge in [-0.1, -0.05) is 12.1 Å². The van der Waals surface area contributed by atoms with Gasteiger partial charge in [0.1, 0.15) is 0 Å². The zero-order valence-electron chi connectivity index (χ0n) is 11.1. The monoisotopic (exact) mass is 294 g/mol. The molecule has 21 heavy (non-hydrogen) atoms. The Hall–Kier alpha value is -2.54. The Bertz CT molecular complexity index is 677. The molecule has 0 saturated heterocycles. The molecule has 0 atom stereocenters. The van der Waals surface area contributed by atoms with Crippen LogP contribution in [0.1, 0.15) is 5.56 Å². The van der Waals surface area contributed by atoms with E-state index in [9.17, 15) is 18.9 Å². The van der Waals surface area contributed by atoms with Gasteiger partial charge < -0.3 is 10.1 Å². The number of nitrogens with zero attached hydrogens (tertiary/aromatic N) is 1. The van der Waals surface area contributed by atoms with Crippen LogP contribution in [-0.4, -0.2) is 12.0 Å². The van der Waals surface area contributed by atoms with Gasteiger partial charge in [-0.2, -0.15) is 0 Å². The molecule has 2 aromatic rings. The van der Waals surface area contributed by atoms with Crippen molar-refractivity contribution >= 4 is 5.69 Å². The minimum atomic E-state index is -0.928. The maximum Gasteiger partial charge on any atom is 0.272 e. The van der Waals surface area contributed by atoms with Crippen molar-refractivity contribution in [2.24, 2.45) is 0 Å². The first-order valence-corrected chi connectivity index (χ1v) is 6.06. The summed E-state index contributed by atoms with van der Waals surface area (Å²) in [5.74, 6) is -1.95. The molecule has 0 aliphatic carbocycles. The number of para-hydroxylation sites is 1. The van der Waals surface area contributed by atoms with Crippen LogP contribution in [0.5, 0.6) is 11.5 Å². The molecular formula is C14H12F2N2O3. The van der Waals surface area contributed by atoms with Crippen molar-refractivity contribution in [3.8, 4) is 11.5 Å². The molecule has 2 rings (SSSR count). The van der Waals surface area contributed by atoms with Gasteiger partial charge in [0.05, 0.1) is 11.0 Å². The lowest BCUT2D eigenvalue weighted by Crippen LogP contribution is -2.07. The van der Waals surface area contributed by atoms with Gasteiger partial charge in [0, 0.05) is 18.2 Å². The number of rotatable bonds is 5. The standard InChI is InChI=1S/C14H12F2N2O3/c1-17-8-9-3-2-4-11(15)14(9)21-13-6-5-10(18(19)20)7-12(13)16/h2-7,17H,8H2,1H3. The average molecular weight is 294 g/mol. The molecule has 0 unspecified atom stereocenters. The number of nitro groups is 1. The van der Waals surface area contributed by atoms with Gasteiger partial charge >= 0.3 is 0 Å². The van der Waals surface area contributed by atoms with Crippen LogP contribution in [0, 0.1) is 21.7 Å². The Morgan fingerprint density at radius 3 is 2.62 bits per heavy atom. The predicted molar refractivity (Wildman–Crippen MR) is 72.3 cm³/mol. The van der Waals surface area contributed by atoms with E-state index in [1.807, 2.05) is 0 Å². The number of hydrogen-bond acceptors (Lipinski definition) is 4. The average Bonchev–Trinajstić information content (AvgIpc) is 2.44. The molecule has 0 fully saturated rings. The third-order valence-corrected chi connectivity index (χ3v) is 2.75. The summed E-state index contributed by atoms with van der Waals surface area (Å²) in [4.78, 5) is 9.83. The highest BCUT2D eigenvalue weighted by molar-refractivity contribution is 5.43. The molecule has 0 aliphatic heterocycles. The van der Waals surface area contributed by atoms with E-state index in [-0.39, 0.29) is 11.5 Å². The van der Waals surface area contributed by atoms with Gasteiger partial charge in [-0.3, -0.25) is 10.1 Å². The first kappa shape index (κ1) is 14.9. The number of ether oxygens (including phenoxy) is 1. The maximum atomic E-state index is 13.8. The predicted octanol–water partition coefficient (Wildman–Crippen LogP) is 3.38. The zero-order valence-corrected chi connectivity index (χ0v) is 11.1. The SMILES string of the molecule is CNCc1cccc(F)c1Oc1ccc([N+](=O)[O-])cc1F. The van der Waals surface area contributed by atoms with Crippen LogP contribution in [0.2, 0.25) is 0 Å². The van der Waals surface area contributed by atoms with Crippen LogP contribution in [-0.2, 0) is 6.54 Å². The van der Waals surface area contributed by atoms with E-state index in [2.05, 4.69) is 5.32 Å². The summed E-state index contributed by atoms with van der Waals surface area (Å²) in [6, 6.07) is 7.27. The largest absolute Gasteiger partial charge is 0.451 e. The molecule has 1 N–H and O–H groups in total. The molecule has 0 aliphatic rings. The third-order valence-electron chi connectivity index (χ3n) is 2.75. The Kier molecular flexibility index (Phi) is 4.44. The quantitative estimate of drug-likeness (QED) is 0.678. The zero-order chi connectivity index (χ0) is 15.4. The molecular weight excluding hydrogens is 282 g/mol. The maximum absolute atomic E-state index is 13.8. The molecule has 0 amide bonds. The van der Waals surface area contributed by atoms with Crippen molar-refractivity contribution in [3.63, 3.8) is 0 Å². The molecule has 0 heterocycles. The van der Waals surface area contributed by atoms with Crippen LogP contribution in [0.3, 0.4) is 0 Å². The van der Waals surface area contributed by atoms with Crippen molar-refractivity contribution in [3.05, 3.63) is 63.7 Å². The topological polar surface area (TPSA) is 64.4 Å². The Morgan fingerprint density at radius 1 is 1.24 bits per heavy atom. The van der Waals surface area contributed by atoms with Crippen LogP contribution in [0.4, 0.5) is 14.5 Å². The van der Waals surface area contributed by atoms with Crippen LogP contribution in [0.15, 0.2) is 36.4 Å². The van der Waals surface area contributed by atoms with E-state index in [4.69, 9.17) is 4.74 Å². The summed E-state index contributed by atoms with van der Waals surface area (Å²) in [7, 11) is 1.68. The summed E-state index contributed by atoms with van der Waals surface area (Å²) >= 11 is 0. The highest BCUT2D eigenvalue weighted by Crippen LogP contribution is 2.31. The molecule has 0 saturated carbocycles. The van der Waals surface area contributed by atoms with E-state index in [0.717, 1.165) is 18.2 Å². The molecule has 0 bridgehead atoms. The van der Waals surface area contributed by atoms with E-state index < -0.39 is 22.2 Å². The molecule has 2 aromatic carbocycles. The van der Waals surface area contributed by atoms with E-state index in [0.29, 0.717) is 12.1 Å². The van der Waals surface area contributed by atoms with Gasteiger partial charge in [0.25, 0.3) is 5.69 Å². The highest BCUT2D eigenvalue weighted by atomic mass is 19.1. The fourth-order valence-corrected chi connectivity index (χ4v) is 1.79. The Labute approximate surface area is 119 Å². The number of benzene rings is 2. The highest BCUT2D eigenvalue weighted by Gasteiger charge is 2.16. The number of non-ortho nitro benzene ring substituents is 1. The van der Waals surface area contributed by atoms with Crippen LogP contribution >= 0.6 is 0 Å².